The minimum absolute atomic E-state index is 0.352. The Hall–Kier alpha value is -0.220. The summed E-state index contributed by atoms with van der Waals surface area (Å²) in [6.45, 7) is 4.07. The molecule has 1 atom stereocenters. The monoisotopic (exact) mass is 191 g/mol. The summed E-state index contributed by atoms with van der Waals surface area (Å²) in [5.74, 6) is 0.749. The first kappa shape index (κ1) is 6.89. The van der Waals surface area contributed by atoms with Gasteiger partial charge < -0.3 is 5.73 Å². The fourth-order valence-electron chi connectivity index (χ4n) is 0.695. The van der Waals surface area contributed by atoms with Gasteiger partial charge in [-0.05, 0) is 19.4 Å². The van der Waals surface area contributed by atoms with E-state index < -0.39 is 0 Å². The van der Waals surface area contributed by atoms with Gasteiger partial charge in [-0.1, -0.05) is 0 Å². The molecule has 4 heteroatoms. The summed E-state index contributed by atoms with van der Waals surface area (Å²) in [6.07, 6.45) is 0. The molecule has 1 heterocycles. The topological polar surface area (TPSA) is 41.3 Å². The first-order valence-electron chi connectivity index (χ1n) is 2.81. The van der Waals surface area contributed by atoms with Crippen LogP contribution in [0, 0.1) is 0 Å². The van der Waals surface area contributed by atoms with Crippen molar-refractivity contribution in [3.05, 3.63) is 11.4 Å². The third kappa shape index (κ3) is 1.04. The zero-order valence-electron chi connectivity index (χ0n) is 5.48. The lowest BCUT2D eigenvalue weighted by molar-refractivity contribution is 0.400. The first-order valence-corrected chi connectivity index (χ1v) is 3.51. The van der Waals surface area contributed by atoms with Gasteiger partial charge in [-0.3, -0.25) is 5.43 Å². The Balaban J connectivity index is 2.74. The molecular formula is C5H10BrN3. The quantitative estimate of drug-likeness (QED) is 0.555. The number of hydrogen-bond donors (Lipinski definition) is 2. The Kier molecular flexibility index (Phi) is 1.68. The predicted octanol–water partition coefficient (Wildman–Crippen LogP) is 0.695. The lowest BCUT2D eigenvalue weighted by Gasteiger charge is -2.12. The maximum atomic E-state index is 5.56. The molecule has 52 valence electrons. The highest BCUT2D eigenvalue weighted by Gasteiger charge is 2.21. The van der Waals surface area contributed by atoms with Crippen LogP contribution in [-0.2, 0) is 0 Å². The maximum Gasteiger partial charge on any atom is 0.112 e. The van der Waals surface area contributed by atoms with Gasteiger partial charge in [-0.2, -0.15) is 0 Å². The normalized spacial score (nSPS) is 29.0. The van der Waals surface area contributed by atoms with E-state index in [4.69, 9.17) is 5.73 Å². The molecule has 0 saturated carbocycles. The van der Waals surface area contributed by atoms with Crippen LogP contribution in [0.25, 0.3) is 0 Å². The van der Waals surface area contributed by atoms with Crippen molar-refractivity contribution in [2.24, 2.45) is 5.73 Å². The Labute approximate surface area is 63.2 Å². The molecular weight excluding hydrogens is 182 g/mol. The van der Waals surface area contributed by atoms with E-state index in [1.54, 1.807) is 4.03 Å². The number of halogens is 1. The Bertz CT molecular complexity index is 154. The highest BCUT2D eigenvalue weighted by molar-refractivity contribution is 9.07. The lowest BCUT2D eigenvalue weighted by Crippen LogP contribution is -2.29. The molecule has 0 spiro atoms. The molecule has 0 aromatic carbocycles. The standard InChI is InChI=1S/C5H10BrN3/c1-3-4(2)9(6)8-5(3)7/h4,8H,7H2,1-2H3. The van der Waals surface area contributed by atoms with Crippen LogP contribution in [-0.4, -0.2) is 10.1 Å². The fraction of sp³-hybridized carbons (Fsp3) is 0.600. The number of nitrogens with one attached hydrogen (secondary N) is 1. The number of rotatable bonds is 0. The van der Waals surface area contributed by atoms with E-state index >= 15 is 0 Å². The van der Waals surface area contributed by atoms with Crippen LogP contribution in [0.2, 0.25) is 0 Å². The van der Waals surface area contributed by atoms with Crippen LogP contribution in [0.1, 0.15) is 13.8 Å². The van der Waals surface area contributed by atoms with Gasteiger partial charge in [0.05, 0.1) is 6.04 Å². The summed E-state index contributed by atoms with van der Waals surface area (Å²) in [4.78, 5) is 0. The summed E-state index contributed by atoms with van der Waals surface area (Å²) in [5.41, 5.74) is 9.65. The highest BCUT2D eigenvalue weighted by Crippen LogP contribution is 2.18. The van der Waals surface area contributed by atoms with Crippen LogP contribution in [0.3, 0.4) is 0 Å². The highest BCUT2D eigenvalue weighted by atomic mass is 79.9. The first-order chi connectivity index (χ1) is 4.13. The van der Waals surface area contributed by atoms with Gasteiger partial charge in [-0.25, -0.2) is 0 Å². The van der Waals surface area contributed by atoms with E-state index in [0.717, 1.165) is 5.82 Å². The molecule has 3 N–H and O–H groups in total. The van der Waals surface area contributed by atoms with Gasteiger partial charge in [-0.15, -0.1) is 4.03 Å². The van der Waals surface area contributed by atoms with Gasteiger partial charge >= 0.3 is 0 Å². The molecule has 0 radical (unpaired) electrons. The summed E-state index contributed by atoms with van der Waals surface area (Å²) in [7, 11) is 0. The maximum absolute atomic E-state index is 5.56. The van der Waals surface area contributed by atoms with Crippen molar-refractivity contribution in [2.75, 3.05) is 0 Å². The molecule has 0 aromatic heterocycles. The van der Waals surface area contributed by atoms with E-state index in [-0.39, 0.29) is 0 Å². The van der Waals surface area contributed by atoms with E-state index in [1.807, 2.05) is 6.92 Å². The van der Waals surface area contributed by atoms with Crippen molar-refractivity contribution in [3.8, 4) is 0 Å². The molecule has 3 nitrogen and oxygen atoms in total. The molecule has 0 saturated heterocycles. The number of nitrogens with zero attached hydrogens (tertiary/aromatic N) is 1. The third-order valence-corrected chi connectivity index (χ3v) is 2.41. The van der Waals surface area contributed by atoms with Crippen LogP contribution in [0.4, 0.5) is 0 Å². The van der Waals surface area contributed by atoms with Crippen molar-refractivity contribution in [1.82, 2.24) is 9.46 Å². The molecule has 1 aliphatic heterocycles. The Morgan fingerprint density at radius 3 is 2.44 bits per heavy atom. The molecule has 1 rings (SSSR count). The smallest absolute Gasteiger partial charge is 0.112 e. The number of nitrogens with two attached hydrogens (primary N) is 1. The number of hydrogen-bond acceptors (Lipinski definition) is 3. The largest absolute Gasteiger partial charge is 0.384 e. The summed E-state index contributed by atoms with van der Waals surface area (Å²) in [5, 5.41) is 0. The van der Waals surface area contributed by atoms with Crippen molar-refractivity contribution in [2.45, 2.75) is 19.9 Å². The average molecular weight is 192 g/mol. The molecule has 0 bridgehead atoms. The molecule has 0 aliphatic carbocycles. The minimum atomic E-state index is 0.352. The van der Waals surface area contributed by atoms with E-state index in [0.29, 0.717) is 6.04 Å². The van der Waals surface area contributed by atoms with Crippen molar-refractivity contribution >= 4 is 16.1 Å². The van der Waals surface area contributed by atoms with Gasteiger partial charge in [0.15, 0.2) is 0 Å². The van der Waals surface area contributed by atoms with Gasteiger partial charge in [0, 0.05) is 16.1 Å². The van der Waals surface area contributed by atoms with Crippen LogP contribution in [0.5, 0.6) is 0 Å². The van der Waals surface area contributed by atoms with Crippen molar-refractivity contribution < 1.29 is 0 Å². The van der Waals surface area contributed by atoms with Crippen LogP contribution in [0.15, 0.2) is 11.4 Å². The molecule has 9 heavy (non-hydrogen) atoms. The SMILES string of the molecule is CC1=C(N)NN(Br)C1C. The fourth-order valence-corrected chi connectivity index (χ4v) is 1.19. The van der Waals surface area contributed by atoms with Crippen LogP contribution < -0.4 is 11.2 Å². The summed E-state index contributed by atoms with van der Waals surface area (Å²) in [6, 6.07) is 0.352. The zero-order valence-corrected chi connectivity index (χ0v) is 7.07. The van der Waals surface area contributed by atoms with Gasteiger partial charge in [0.1, 0.15) is 5.82 Å². The molecule has 1 aliphatic rings. The van der Waals surface area contributed by atoms with E-state index in [1.165, 1.54) is 5.57 Å². The second kappa shape index (κ2) is 2.19. The van der Waals surface area contributed by atoms with Crippen molar-refractivity contribution in [1.29, 1.82) is 0 Å². The molecule has 1 unspecified atom stereocenters. The van der Waals surface area contributed by atoms with E-state index in [9.17, 15) is 0 Å². The predicted molar refractivity (Wildman–Crippen MR) is 40.3 cm³/mol. The second-order valence-corrected chi connectivity index (χ2v) is 2.96. The van der Waals surface area contributed by atoms with Crippen LogP contribution >= 0.6 is 16.1 Å². The zero-order chi connectivity index (χ0) is 7.02. The van der Waals surface area contributed by atoms with E-state index in [2.05, 4.69) is 28.5 Å². The average Bonchev–Trinajstić information content (AvgIpc) is 1.98. The third-order valence-electron chi connectivity index (χ3n) is 1.62. The molecule has 0 aromatic rings. The summed E-state index contributed by atoms with van der Waals surface area (Å²) < 4.78 is 1.80. The number of hydrazine groups is 1. The molecule has 0 amide bonds. The van der Waals surface area contributed by atoms with Gasteiger partial charge in [0.2, 0.25) is 0 Å². The Morgan fingerprint density at radius 1 is 1.78 bits per heavy atom. The molecule has 0 fully saturated rings. The minimum Gasteiger partial charge on any atom is -0.384 e. The van der Waals surface area contributed by atoms with Crippen molar-refractivity contribution in [3.63, 3.8) is 0 Å². The Morgan fingerprint density at radius 2 is 2.33 bits per heavy atom. The second-order valence-electron chi connectivity index (χ2n) is 2.20. The lowest BCUT2D eigenvalue weighted by atomic mass is 10.2. The van der Waals surface area contributed by atoms with Gasteiger partial charge in [0.25, 0.3) is 0 Å². The summed E-state index contributed by atoms with van der Waals surface area (Å²) >= 11 is 3.28.